The average Bonchev–Trinajstić information content (AvgIpc) is 2.89. The van der Waals surface area contributed by atoms with Gasteiger partial charge >= 0.3 is 0 Å². The van der Waals surface area contributed by atoms with Gasteiger partial charge in [0.25, 0.3) is 5.91 Å². The Kier molecular flexibility index (Phi) is 4.74. The van der Waals surface area contributed by atoms with Gasteiger partial charge in [0, 0.05) is 30.6 Å². The lowest BCUT2D eigenvalue weighted by molar-refractivity contribution is 0.0701. The lowest BCUT2D eigenvalue weighted by Crippen LogP contribution is -2.38. The summed E-state index contributed by atoms with van der Waals surface area (Å²) in [6.45, 7) is 1.07. The summed E-state index contributed by atoms with van der Waals surface area (Å²) in [6.07, 6.45) is 7.12. The van der Waals surface area contributed by atoms with E-state index in [2.05, 4.69) is 5.16 Å². The molecular weight excluding hydrogens is 338 g/mol. The summed E-state index contributed by atoms with van der Waals surface area (Å²) in [4.78, 5) is 14.2. The lowest BCUT2D eigenvalue weighted by atomic mass is 9.90. The van der Waals surface area contributed by atoms with Crippen LogP contribution >= 0.6 is 0 Å². The van der Waals surface area contributed by atoms with E-state index < -0.39 is 11.6 Å². The maximum absolute atomic E-state index is 13.9. The third-order valence-corrected chi connectivity index (χ3v) is 5.55. The number of fused-ring (bicyclic) bond motifs is 1. The first-order valence-electron chi connectivity index (χ1n) is 9.35. The molecule has 1 aliphatic heterocycles. The van der Waals surface area contributed by atoms with Crippen LogP contribution in [-0.2, 0) is 12.8 Å². The molecule has 4 nitrogen and oxygen atoms in total. The van der Waals surface area contributed by atoms with Crippen LogP contribution in [0.25, 0.3) is 0 Å². The minimum Gasteiger partial charge on any atom is -0.361 e. The molecule has 0 atom stereocenters. The summed E-state index contributed by atoms with van der Waals surface area (Å²) >= 11 is 0. The van der Waals surface area contributed by atoms with E-state index in [1.54, 1.807) is 4.90 Å². The van der Waals surface area contributed by atoms with E-state index in [4.69, 9.17) is 4.52 Å². The van der Waals surface area contributed by atoms with Crippen LogP contribution in [0.4, 0.5) is 8.78 Å². The number of carbonyl (C=O) groups is 1. The van der Waals surface area contributed by atoms with Gasteiger partial charge in [-0.05, 0) is 50.7 Å². The van der Waals surface area contributed by atoms with Crippen molar-refractivity contribution in [2.45, 2.75) is 50.9 Å². The molecule has 0 spiro atoms. The third kappa shape index (κ3) is 3.24. The Hall–Kier alpha value is -2.24. The van der Waals surface area contributed by atoms with Crippen molar-refractivity contribution < 1.29 is 18.1 Å². The molecule has 1 aromatic heterocycles. The van der Waals surface area contributed by atoms with E-state index in [0.717, 1.165) is 55.7 Å². The number of halogens is 2. The fraction of sp³-hybridized carbons (Fsp3) is 0.500. The van der Waals surface area contributed by atoms with E-state index in [-0.39, 0.29) is 17.4 Å². The van der Waals surface area contributed by atoms with Crippen LogP contribution in [-0.4, -0.2) is 29.1 Å². The van der Waals surface area contributed by atoms with Crippen LogP contribution < -0.4 is 0 Å². The fourth-order valence-electron chi connectivity index (χ4n) is 4.09. The van der Waals surface area contributed by atoms with E-state index >= 15 is 0 Å². The van der Waals surface area contributed by atoms with E-state index in [1.165, 1.54) is 24.5 Å². The Morgan fingerprint density at radius 3 is 2.65 bits per heavy atom. The summed E-state index contributed by atoms with van der Waals surface area (Å²) in [5.41, 5.74) is 2.31. The standard InChI is InChI=1S/C20H22F2N2O2/c21-14-6-7-15(17(22)12-14)20(25)24-10-8-13(9-11-24)19-16-4-2-1-3-5-18(16)23-26-19/h6-7,12-13H,1-5,8-11H2. The van der Waals surface area contributed by atoms with Crippen LogP contribution in [0, 0.1) is 11.6 Å². The number of rotatable bonds is 2. The zero-order valence-electron chi connectivity index (χ0n) is 14.6. The number of hydrogen-bond acceptors (Lipinski definition) is 3. The Morgan fingerprint density at radius 1 is 1.12 bits per heavy atom. The molecule has 0 radical (unpaired) electrons. The Balaban J connectivity index is 1.44. The number of aryl methyl sites for hydroxylation is 1. The number of piperidine rings is 1. The molecule has 1 amide bonds. The summed E-state index contributed by atoms with van der Waals surface area (Å²) in [7, 11) is 0. The first-order chi connectivity index (χ1) is 12.6. The lowest BCUT2D eigenvalue weighted by Gasteiger charge is -2.31. The summed E-state index contributed by atoms with van der Waals surface area (Å²) in [6, 6.07) is 3.09. The molecule has 138 valence electrons. The minimum absolute atomic E-state index is 0.0709. The number of likely N-dealkylation sites (tertiary alicyclic amines) is 1. The second-order valence-corrected chi connectivity index (χ2v) is 7.22. The second-order valence-electron chi connectivity index (χ2n) is 7.22. The predicted octanol–water partition coefficient (Wildman–Crippen LogP) is 4.24. The molecule has 0 unspecified atom stereocenters. The molecule has 6 heteroatoms. The molecule has 0 N–H and O–H groups in total. The van der Waals surface area contributed by atoms with Crippen LogP contribution in [0.1, 0.15) is 65.4 Å². The van der Waals surface area contributed by atoms with Crippen LogP contribution in [0.2, 0.25) is 0 Å². The molecule has 4 rings (SSSR count). The largest absolute Gasteiger partial charge is 0.361 e. The van der Waals surface area contributed by atoms with Crippen LogP contribution in [0.3, 0.4) is 0 Å². The summed E-state index contributed by atoms with van der Waals surface area (Å²) in [5.74, 6) is -0.618. The second kappa shape index (κ2) is 7.17. The van der Waals surface area contributed by atoms with E-state index in [0.29, 0.717) is 13.1 Å². The Bertz CT molecular complexity index is 810. The highest BCUT2D eigenvalue weighted by Crippen LogP contribution is 2.34. The van der Waals surface area contributed by atoms with Crippen LogP contribution in [0.5, 0.6) is 0 Å². The molecule has 2 aromatic rings. The molecule has 0 saturated carbocycles. The van der Waals surface area contributed by atoms with Crippen molar-refractivity contribution in [3.63, 3.8) is 0 Å². The molecular formula is C20H22F2N2O2. The topological polar surface area (TPSA) is 46.3 Å². The normalized spacial score (nSPS) is 18.5. The van der Waals surface area contributed by atoms with Crippen molar-refractivity contribution in [2.75, 3.05) is 13.1 Å². The van der Waals surface area contributed by atoms with Crippen molar-refractivity contribution in [3.05, 3.63) is 52.4 Å². The predicted molar refractivity (Wildman–Crippen MR) is 92.0 cm³/mol. The number of benzene rings is 1. The maximum atomic E-state index is 13.9. The number of nitrogens with zero attached hydrogens (tertiary/aromatic N) is 2. The summed E-state index contributed by atoms with van der Waals surface area (Å²) < 4.78 is 32.6. The molecule has 1 fully saturated rings. The van der Waals surface area contributed by atoms with E-state index in [1.807, 2.05) is 0 Å². The highest BCUT2D eigenvalue weighted by Gasteiger charge is 2.31. The van der Waals surface area contributed by atoms with Gasteiger partial charge in [-0.3, -0.25) is 4.79 Å². The number of aromatic nitrogens is 1. The zero-order valence-corrected chi connectivity index (χ0v) is 14.6. The summed E-state index contributed by atoms with van der Waals surface area (Å²) in [5, 5.41) is 4.27. The first kappa shape index (κ1) is 17.2. The van der Waals surface area contributed by atoms with Crippen LogP contribution in [0.15, 0.2) is 22.7 Å². The SMILES string of the molecule is O=C(c1ccc(F)cc1F)N1CCC(c2onc3c2CCCCC3)CC1. The molecule has 1 aliphatic carbocycles. The average molecular weight is 360 g/mol. The number of amides is 1. The van der Waals surface area contributed by atoms with Gasteiger partial charge in [-0.25, -0.2) is 8.78 Å². The van der Waals surface area contributed by atoms with Gasteiger partial charge in [-0.1, -0.05) is 11.6 Å². The van der Waals surface area contributed by atoms with Crippen molar-refractivity contribution in [3.8, 4) is 0 Å². The number of hydrogen-bond donors (Lipinski definition) is 0. The van der Waals surface area contributed by atoms with Crippen molar-refractivity contribution in [1.82, 2.24) is 10.1 Å². The highest BCUT2D eigenvalue weighted by atomic mass is 19.1. The Morgan fingerprint density at radius 2 is 1.88 bits per heavy atom. The molecule has 1 saturated heterocycles. The van der Waals surface area contributed by atoms with Crippen molar-refractivity contribution >= 4 is 5.91 Å². The van der Waals surface area contributed by atoms with Gasteiger partial charge in [-0.2, -0.15) is 0 Å². The minimum atomic E-state index is -0.808. The van der Waals surface area contributed by atoms with Gasteiger partial charge in [0.2, 0.25) is 0 Å². The zero-order chi connectivity index (χ0) is 18.1. The fourth-order valence-corrected chi connectivity index (χ4v) is 4.09. The van der Waals surface area contributed by atoms with Gasteiger partial charge < -0.3 is 9.42 Å². The molecule has 2 aliphatic rings. The highest BCUT2D eigenvalue weighted by molar-refractivity contribution is 5.94. The molecule has 1 aromatic carbocycles. The monoisotopic (exact) mass is 360 g/mol. The molecule has 2 heterocycles. The van der Waals surface area contributed by atoms with Gasteiger partial charge in [0.05, 0.1) is 11.3 Å². The number of carbonyl (C=O) groups excluding carboxylic acids is 1. The Labute approximate surface area is 151 Å². The third-order valence-electron chi connectivity index (χ3n) is 5.55. The van der Waals surface area contributed by atoms with Gasteiger partial charge in [0.15, 0.2) is 0 Å². The van der Waals surface area contributed by atoms with Crippen molar-refractivity contribution in [1.29, 1.82) is 0 Å². The molecule has 0 bridgehead atoms. The molecule has 26 heavy (non-hydrogen) atoms. The van der Waals surface area contributed by atoms with Gasteiger partial charge in [-0.15, -0.1) is 0 Å². The quantitative estimate of drug-likeness (QED) is 0.753. The van der Waals surface area contributed by atoms with E-state index in [9.17, 15) is 13.6 Å². The van der Waals surface area contributed by atoms with Crippen molar-refractivity contribution in [2.24, 2.45) is 0 Å². The van der Waals surface area contributed by atoms with Gasteiger partial charge in [0.1, 0.15) is 17.4 Å². The smallest absolute Gasteiger partial charge is 0.256 e. The maximum Gasteiger partial charge on any atom is 0.256 e. The first-order valence-corrected chi connectivity index (χ1v) is 9.35.